The lowest BCUT2D eigenvalue weighted by molar-refractivity contribution is -0.154. The van der Waals surface area contributed by atoms with Crippen molar-refractivity contribution in [1.82, 2.24) is 0 Å². The molecule has 0 aliphatic heterocycles. The van der Waals surface area contributed by atoms with Gasteiger partial charge in [0.05, 0.1) is 8.95 Å². The fourth-order valence-electron chi connectivity index (χ4n) is 1.85. The van der Waals surface area contributed by atoms with Crippen molar-refractivity contribution in [3.63, 3.8) is 0 Å². The second kappa shape index (κ2) is 11.5. The number of rotatable bonds is 9. The predicted molar refractivity (Wildman–Crippen MR) is 111 cm³/mol. The third-order valence-corrected chi connectivity index (χ3v) is 4.80. The minimum absolute atomic E-state index is 0.0969. The van der Waals surface area contributed by atoms with E-state index >= 15 is 0 Å². The van der Waals surface area contributed by atoms with Crippen LogP contribution in [0.5, 0.6) is 11.5 Å². The highest BCUT2D eigenvalue weighted by Gasteiger charge is 2.10. The molecule has 0 spiro atoms. The molecule has 2 aromatic rings. The Bertz CT molecular complexity index is 777. The van der Waals surface area contributed by atoms with Crippen LogP contribution in [0.3, 0.4) is 0 Å². The van der Waals surface area contributed by atoms with E-state index in [1.54, 1.807) is 36.4 Å². The third-order valence-electron chi connectivity index (χ3n) is 3.09. The van der Waals surface area contributed by atoms with E-state index in [4.69, 9.17) is 42.1 Å². The molecule has 0 bridgehead atoms. The topological polar surface area (TPSA) is 71.1 Å². The third kappa shape index (κ3) is 7.87. The van der Waals surface area contributed by atoms with Gasteiger partial charge in [0.25, 0.3) is 0 Å². The van der Waals surface area contributed by atoms with Gasteiger partial charge in [0.1, 0.15) is 24.7 Å². The molecular formula is C18H14Br2Cl2O6. The molecule has 0 saturated heterocycles. The number of esters is 2. The van der Waals surface area contributed by atoms with Gasteiger partial charge < -0.3 is 18.9 Å². The molecular weight excluding hydrogens is 543 g/mol. The zero-order valence-electron chi connectivity index (χ0n) is 14.3. The van der Waals surface area contributed by atoms with Crippen LogP contribution in [0.2, 0.25) is 10.0 Å². The highest BCUT2D eigenvalue weighted by Crippen LogP contribution is 2.28. The normalized spacial score (nSPS) is 10.3. The maximum Gasteiger partial charge on any atom is 0.344 e. The van der Waals surface area contributed by atoms with E-state index in [0.717, 1.165) is 0 Å². The van der Waals surface area contributed by atoms with Gasteiger partial charge in [-0.15, -0.1) is 0 Å². The van der Waals surface area contributed by atoms with Crippen LogP contribution in [0.25, 0.3) is 0 Å². The fourth-order valence-corrected chi connectivity index (χ4v) is 3.45. The van der Waals surface area contributed by atoms with Crippen molar-refractivity contribution in [1.29, 1.82) is 0 Å². The molecule has 150 valence electrons. The van der Waals surface area contributed by atoms with Crippen LogP contribution in [0, 0.1) is 0 Å². The lowest BCUT2D eigenvalue weighted by Crippen LogP contribution is -2.21. The Kier molecular flexibility index (Phi) is 9.37. The Balaban J connectivity index is 1.61. The Morgan fingerprint density at radius 2 is 1.14 bits per heavy atom. The first-order valence-corrected chi connectivity index (χ1v) is 10.2. The van der Waals surface area contributed by atoms with Crippen molar-refractivity contribution in [2.75, 3.05) is 26.4 Å². The molecule has 2 rings (SSSR count). The smallest absolute Gasteiger partial charge is 0.344 e. The quantitative estimate of drug-likeness (QED) is 0.317. The largest absolute Gasteiger partial charge is 0.481 e. The van der Waals surface area contributed by atoms with Gasteiger partial charge in [0.2, 0.25) is 0 Å². The van der Waals surface area contributed by atoms with E-state index < -0.39 is 11.9 Å². The molecule has 0 radical (unpaired) electrons. The van der Waals surface area contributed by atoms with Gasteiger partial charge in [0, 0.05) is 10.0 Å². The van der Waals surface area contributed by atoms with Crippen molar-refractivity contribution in [3.8, 4) is 11.5 Å². The molecule has 0 aliphatic rings. The summed E-state index contributed by atoms with van der Waals surface area (Å²) in [6, 6.07) is 9.81. The molecule has 6 nitrogen and oxygen atoms in total. The molecule has 0 amide bonds. The monoisotopic (exact) mass is 554 g/mol. The molecule has 0 aromatic heterocycles. The summed E-state index contributed by atoms with van der Waals surface area (Å²) >= 11 is 18.2. The van der Waals surface area contributed by atoms with E-state index in [1.165, 1.54) is 0 Å². The zero-order chi connectivity index (χ0) is 20.5. The Labute approximate surface area is 188 Å². The van der Waals surface area contributed by atoms with Crippen LogP contribution in [0.1, 0.15) is 0 Å². The second-order valence-electron chi connectivity index (χ2n) is 5.17. The summed E-state index contributed by atoms with van der Waals surface area (Å²) in [7, 11) is 0. The first-order valence-electron chi connectivity index (χ1n) is 7.82. The van der Waals surface area contributed by atoms with Gasteiger partial charge in [-0.3, -0.25) is 0 Å². The number of ether oxygens (including phenoxy) is 4. The number of carbonyl (C=O) groups is 2. The molecule has 0 fully saturated rings. The summed E-state index contributed by atoms with van der Waals surface area (Å²) in [6.07, 6.45) is 0. The van der Waals surface area contributed by atoms with Gasteiger partial charge in [0.15, 0.2) is 13.2 Å². The van der Waals surface area contributed by atoms with Crippen LogP contribution in [0.4, 0.5) is 0 Å². The molecule has 0 saturated carbocycles. The molecule has 0 heterocycles. The highest BCUT2D eigenvalue weighted by atomic mass is 79.9. The van der Waals surface area contributed by atoms with E-state index in [2.05, 4.69) is 31.9 Å². The standard InChI is InChI=1S/C18H14Br2Cl2O6/c19-13-7-11(21)1-3-15(13)27-9-17(23)25-5-6-26-18(24)10-28-16-4-2-12(22)8-14(16)20/h1-4,7-8H,5-6,9-10H2. The summed E-state index contributed by atoms with van der Waals surface area (Å²) < 4.78 is 21.7. The van der Waals surface area contributed by atoms with Crippen LogP contribution in [-0.2, 0) is 19.1 Å². The number of carbonyl (C=O) groups excluding carboxylic acids is 2. The lowest BCUT2D eigenvalue weighted by atomic mass is 10.3. The number of hydrogen-bond donors (Lipinski definition) is 0. The number of halogens is 4. The molecule has 10 heteroatoms. The van der Waals surface area contributed by atoms with Gasteiger partial charge in [-0.2, -0.15) is 0 Å². The summed E-state index contributed by atoms with van der Waals surface area (Å²) in [5.41, 5.74) is 0. The molecule has 0 unspecified atom stereocenters. The first-order chi connectivity index (χ1) is 13.3. The van der Waals surface area contributed by atoms with Gasteiger partial charge in [-0.1, -0.05) is 23.2 Å². The van der Waals surface area contributed by atoms with Gasteiger partial charge in [-0.25, -0.2) is 9.59 Å². The fraction of sp³-hybridized carbons (Fsp3) is 0.222. The van der Waals surface area contributed by atoms with Crippen LogP contribution in [-0.4, -0.2) is 38.4 Å². The minimum atomic E-state index is -0.598. The SMILES string of the molecule is O=C(COc1ccc(Cl)cc1Br)OCCOC(=O)COc1ccc(Cl)cc1Br. The first kappa shape index (κ1) is 22.8. The molecule has 0 aliphatic carbocycles. The second-order valence-corrected chi connectivity index (χ2v) is 7.75. The van der Waals surface area contributed by atoms with E-state index in [1.807, 2.05) is 0 Å². The Morgan fingerprint density at radius 3 is 1.50 bits per heavy atom. The maximum atomic E-state index is 11.6. The molecule has 0 atom stereocenters. The van der Waals surface area contributed by atoms with E-state index in [-0.39, 0.29) is 26.4 Å². The van der Waals surface area contributed by atoms with Gasteiger partial charge >= 0.3 is 11.9 Å². The molecule has 0 N–H and O–H groups in total. The summed E-state index contributed by atoms with van der Waals surface area (Å²) in [5.74, 6) is -0.282. The van der Waals surface area contributed by atoms with Crippen LogP contribution >= 0.6 is 55.1 Å². The van der Waals surface area contributed by atoms with Gasteiger partial charge in [-0.05, 0) is 68.3 Å². The minimum Gasteiger partial charge on any atom is -0.481 e. The summed E-state index contributed by atoms with van der Waals surface area (Å²) in [6.45, 7) is -0.773. The molecule has 28 heavy (non-hydrogen) atoms. The predicted octanol–water partition coefficient (Wildman–Crippen LogP) is 5.06. The van der Waals surface area contributed by atoms with Crippen LogP contribution in [0.15, 0.2) is 45.3 Å². The number of benzene rings is 2. The van der Waals surface area contributed by atoms with E-state index in [9.17, 15) is 9.59 Å². The average molecular weight is 557 g/mol. The van der Waals surface area contributed by atoms with E-state index in [0.29, 0.717) is 30.5 Å². The Morgan fingerprint density at radius 1 is 0.750 bits per heavy atom. The maximum absolute atomic E-state index is 11.6. The van der Waals surface area contributed by atoms with Crippen molar-refractivity contribution in [2.45, 2.75) is 0 Å². The summed E-state index contributed by atoms with van der Waals surface area (Å²) in [4.78, 5) is 23.3. The van der Waals surface area contributed by atoms with Crippen molar-refractivity contribution in [2.24, 2.45) is 0 Å². The highest BCUT2D eigenvalue weighted by molar-refractivity contribution is 9.10. The number of hydrogen-bond acceptors (Lipinski definition) is 6. The molecule has 2 aromatic carbocycles. The Hall–Kier alpha value is -1.48. The van der Waals surface area contributed by atoms with Crippen molar-refractivity contribution < 1.29 is 28.5 Å². The summed E-state index contributed by atoms with van der Waals surface area (Å²) in [5, 5.41) is 1.08. The van der Waals surface area contributed by atoms with Crippen LogP contribution < -0.4 is 9.47 Å². The van der Waals surface area contributed by atoms with Crippen molar-refractivity contribution in [3.05, 3.63) is 55.4 Å². The zero-order valence-corrected chi connectivity index (χ0v) is 18.9. The average Bonchev–Trinajstić information content (AvgIpc) is 2.64. The lowest BCUT2D eigenvalue weighted by Gasteiger charge is -2.10. The van der Waals surface area contributed by atoms with Crippen molar-refractivity contribution >= 4 is 67.0 Å².